The van der Waals surface area contributed by atoms with Gasteiger partial charge in [0.1, 0.15) is 0 Å². The molecule has 150 valence electrons. The van der Waals surface area contributed by atoms with Crippen molar-refractivity contribution in [2.75, 3.05) is 5.32 Å². The van der Waals surface area contributed by atoms with E-state index in [1.54, 1.807) is 0 Å². The Morgan fingerprint density at radius 3 is 2.83 bits per heavy atom. The molecular weight excluding hydrogens is 386 g/mol. The topological polar surface area (TPSA) is 29.1 Å². The first-order valence-corrected chi connectivity index (χ1v) is 11.7. The fourth-order valence-corrected chi connectivity index (χ4v) is 6.66. The van der Waals surface area contributed by atoms with Crippen molar-refractivity contribution in [1.29, 1.82) is 0 Å². The van der Waals surface area contributed by atoms with E-state index in [-0.39, 0.29) is 11.3 Å². The Bertz CT molecular complexity index is 1240. The van der Waals surface area contributed by atoms with Crippen molar-refractivity contribution in [2.24, 2.45) is 5.41 Å². The molecule has 3 heteroatoms. The second-order valence-electron chi connectivity index (χ2n) is 9.62. The highest BCUT2D eigenvalue weighted by atomic mass is 32.1. The van der Waals surface area contributed by atoms with E-state index < -0.39 is 0 Å². The van der Waals surface area contributed by atoms with Gasteiger partial charge in [0.15, 0.2) is 5.78 Å². The minimum absolute atomic E-state index is 0.000750. The van der Waals surface area contributed by atoms with Crippen LogP contribution in [-0.2, 0) is 11.2 Å². The van der Waals surface area contributed by atoms with Gasteiger partial charge in [-0.15, -0.1) is 11.3 Å². The zero-order chi connectivity index (χ0) is 20.5. The first-order chi connectivity index (χ1) is 14.5. The second kappa shape index (κ2) is 6.42. The molecule has 1 aliphatic heterocycles. The van der Waals surface area contributed by atoms with E-state index in [4.69, 9.17) is 0 Å². The van der Waals surface area contributed by atoms with Gasteiger partial charge in [-0.05, 0) is 65.0 Å². The normalized spacial score (nSPS) is 21.8. The van der Waals surface area contributed by atoms with E-state index >= 15 is 0 Å². The summed E-state index contributed by atoms with van der Waals surface area (Å²) in [6.07, 6.45) is 8.26. The van der Waals surface area contributed by atoms with Crippen LogP contribution in [0.3, 0.4) is 0 Å². The van der Waals surface area contributed by atoms with Crippen LogP contribution in [0, 0.1) is 5.41 Å². The lowest BCUT2D eigenvalue weighted by atomic mass is 9.68. The first kappa shape index (κ1) is 18.1. The van der Waals surface area contributed by atoms with Crippen molar-refractivity contribution >= 4 is 39.0 Å². The minimum atomic E-state index is -0.000750. The molecule has 0 spiro atoms. The maximum absolute atomic E-state index is 13.5. The smallest absolute Gasteiger partial charge is 0.162 e. The largest absolute Gasteiger partial charge is 0.358 e. The predicted molar refractivity (Wildman–Crippen MR) is 126 cm³/mol. The summed E-state index contributed by atoms with van der Waals surface area (Å²) < 4.78 is 1.29. The Kier molecular flexibility index (Phi) is 3.88. The summed E-state index contributed by atoms with van der Waals surface area (Å²) in [5, 5.41) is 4.97. The van der Waals surface area contributed by atoms with Gasteiger partial charge < -0.3 is 5.32 Å². The van der Waals surface area contributed by atoms with Crippen molar-refractivity contribution in [3.8, 4) is 0 Å². The highest BCUT2D eigenvalue weighted by Crippen LogP contribution is 2.52. The molecule has 0 radical (unpaired) electrons. The van der Waals surface area contributed by atoms with Crippen molar-refractivity contribution in [1.82, 2.24) is 0 Å². The monoisotopic (exact) mass is 411 g/mol. The summed E-state index contributed by atoms with van der Waals surface area (Å²) in [5.41, 5.74) is 7.31. The summed E-state index contributed by atoms with van der Waals surface area (Å²) in [6.45, 7) is 4.41. The number of hydrogen-bond acceptors (Lipinski definition) is 3. The van der Waals surface area contributed by atoms with Gasteiger partial charge in [0, 0.05) is 33.0 Å². The lowest BCUT2D eigenvalue weighted by Gasteiger charge is -2.40. The van der Waals surface area contributed by atoms with Crippen LogP contribution in [0.15, 0.2) is 59.8 Å². The Balaban J connectivity index is 1.64. The van der Waals surface area contributed by atoms with Gasteiger partial charge in [-0.3, -0.25) is 4.79 Å². The Morgan fingerprint density at radius 1 is 1.10 bits per heavy atom. The molecule has 0 fully saturated rings. The standard InChI is InChI=1S/C27H25NOS/c1-27(2)14-20-25(21(29)15-27)26(23-13-17-8-4-6-10-22(17)30-23)24-18-9-5-3-7-16(18)11-12-19(24)28-20/h4-6,8-13,26,28H,3,7,14-15H2,1-2H3. The van der Waals surface area contributed by atoms with E-state index in [0.717, 1.165) is 30.5 Å². The average Bonchev–Trinajstić information content (AvgIpc) is 3.15. The molecule has 2 aliphatic carbocycles. The van der Waals surface area contributed by atoms with Crippen LogP contribution in [-0.4, -0.2) is 5.78 Å². The first-order valence-electron chi connectivity index (χ1n) is 10.8. The molecule has 30 heavy (non-hydrogen) atoms. The summed E-state index contributed by atoms with van der Waals surface area (Å²) in [4.78, 5) is 14.8. The van der Waals surface area contributed by atoms with Gasteiger partial charge >= 0.3 is 0 Å². The predicted octanol–water partition coefficient (Wildman–Crippen LogP) is 7.06. The summed E-state index contributed by atoms with van der Waals surface area (Å²) in [5.74, 6) is 0.328. The van der Waals surface area contributed by atoms with Crippen LogP contribution in [0.4, 0.5) is 5.69 Å². The number of carbonyl (C=O) groups is 1. The van der Waals surface area contributed by atoms with Crippen LogP contribution in [0.25, 0.3) is 16.2 Å². The Hall–Kier alpha value is -2.65. The number of nitrogens with one attached hydrogen (secondary N) is 1. The molecule has 3 aliphatic rings. The SMILES string of the molecule is CC1(C)CC(=O)C2=C(C1)Nc1ccc3c(c1C2c1cc2ccccc2s1)C=CCC3. The lowest BCUT2D eigenvalue weighted by Crippen LogP contribution is -2.34. The zero-order valence-electron chi connectivity index (χ0n) is 17.4. The molecule has 1 atom stereocenters. The van der Waals surface area contributed by atoms with Crippen LogP contribution in [0.1, 0.15) is 60.6 Å². The van der Waals surface area contributed by atoms with Crippen LogP contribution in [0.2, 0.25) is 0 Å². The van der Waals surface area contributed by atoms with Gasteiger partial charge in [-0.25, -0.2) is 0 Å². The minimum Gasteiger partial charge on any atom is -0.358 e. The van der Waals surface area contributed by atoms with Crippen molar-refractivity contribution in [3.63, 3.8) is 0 Å². The number of hydrogen-bond donors (Lipinski definition) is 1. The molecule has 0 amide bonds. The van der Waals surface area contributed by atoms with Gasteiger partial charge in [-0.2, -0.15) is 0 Å². The molecule has 2 heterocycles. The molecular formula is C27H25NOS. The van der Waals surface area contributed by atoms with Gasteiger partial charge in [0.25, 0.3) is 0 Å². The summed E-state index contributed by atoms with van der Waals surface area (Å²) in [7, 11) is 0. The molecule has 6 rings (SSSR count). The fraction of sp³-hybridized carbons (Fsp3) is 0.296. The van der Waals surface area contributed by atoms with Crippen LogP contribution >= 0.6 is 11.3 Å². The number of allylic oxidation sites excluding steroid dienone is 3. The summed E-state index contributed by atoms with van der Waals surface area (Å²) >= 11 is 1.84. The third-order valence-electron chi connectivity index (χ3n) is 6.75. The Morgan fingerprint density at radius 2 is 1.97 bits per heavy atom. The van der Waals surface area contributed by atoms with E-state index in [0.29, 0.717) is 12.2 Å². The zero-order valence-corrected chi connectivity index (χ0v) is 18.2. The molecule has 2 aromatic carbocycles. The molecule has 1 unspecified atom stereocenters. The number of Topliss-reactive ketones (excluding diaryl/α,β-unsaturated/α-hetero) is 1. The van der Waals surface area contributed by atoms with E-state index in [9.17, 15) is 4.79 Å². The van der Waals surface area contributed by atoms with Crippen molar-refractivity contribution < 1.29 is 4.79 Å². The highest BCUT2D eigenvalue weighted by molar-refractivity contribution is 7.19. The van der Waals surface area contributed by atoms with Gasteiger partial charge in [0.2, 0.25) is 0 Å². The average molecular weight is 412 g/mol. The number of anilines is 1. The third kappa shape index (κ3) is 2.72. The molecule has 0 saturated carbocycles. The molecule has 0 saturated heterocycles. The van der Waals surface area contributed by atoms with Crippen molar-refractivity contribution in [3.05, 3.63) is 81.4 Å². The van der Waals surface area contributed by atoms with Gasteiger partial charge in [-0.1, -0.05) is 50.3 Å². The van der Waals surface area contributed by atoms with E-state index in [2.05, 4.69) is 73.8 Å². The van der Waals surface area contributed by atoms with E-state index in [1.807, 2.05) is 11.3 Å². The molecule has 1 N–H and O–H groups in total. The number of aryl methyl sites for hydroxylation is 1. The number of thiophene rings is 1. The number of fused-ring (bicyclic) bond motifs is 4. The summed E-state index contributed by atoms with van der Waals surface area (Å²) in [6, 6.07) is 15.4. The number of rotatable bonds is 1. The fourth-order valence-electron chi connectivity index (χ4n) is 5.47. The Labute approximate surface area is 181 Å². The van der Waals surface area contributed by atoms with Crippen molar-refractivity contribution in [2.45, 2.75) is 45.4 Å². The highest BCUT2D eigenvalue weighted by Gasteiger charge is 2.42. The number of ketones is 1. The van der Waals surface area contributed by atoms with Crippen LogP contribution in [0.5, 0.6) is 0 Å². The van der Waals surface area contributed by atoms with Gasteiger partial charge in [0.05, 0.1) is 5.92 Å². The molecule has 2 nitrogen and oxygen atoms in total. The maximum Gasteiger partial charge on any atom is 0.162 e. The quantitative estimate of drug-likeness (QED) is 0.464. The second-order valence-corrected chi connectivity index (χ2v) is 10.7. The maximum atomic E-state index is 13.5. The van der Waals surface area contributed by atoms with Crippen LogP contribution < -0.4 is 5.32 Å². The van der Waals surface area contributed by atoms with E-state index in [1.165, 1.54) is 37.3 Å². The number of carbonyl (C=O) groups excluding carboxylic acids is 1. The number of benzene rings is 2. The molecule has 3 aromatic rings. The lowest BCUT2D eigenvalue weighted by molar-refractivity contribution is -0.118. The third-order valence-corrected chi connectivity index (χ3v) is 7.94. The molecule has 0 bridgehead atoms. The molecule has 1 aromatic heterocycles.